The van der Waals surface area contributed by atoms with Crippen molar-refractivity contribution in [3.05, 3.63) is 34.9 Å². The predicted molar refractivity (Wildman–Crippen MR) is 60.9 cm³/mol. The van der Waals surface area contributed by atoms with Gasteiger partial charge in [-0.25, -0.2) is 0 Å². The van der Waals surface area contributed by atoms with Crippen LogP contribution in [0.25, 0.3) is 0 Å². The molecule has 1 fully saturated rings. The van der Waals surface area contributed by atoms with Crippen molar-refractivity contribution in [1.82, 2.24) is 5.32 Å². The van der Waals surface area contributed by atoms with E-state index in [1.54, 1.807) is 0 Å². The summed E-state index contributed by atoms with van der Waals surface area (Å²) in [6.45, 7) is 3.33. The van der Waals surface area contributed by atoms with Crippen LogP contribution in [0.5, 0.6) is 0 Å². The Kier molecular flexibility index (Phi) is 3.09. The maximum atomic E-state index is 5.84. The Hall–Kier alpha value is -0.530. The van der Waals surface area contributed by atoms with E-state index in [-0.39, 0.29) is 0 Å². The van der Waals surface area contributed by atoms with Crippen LogP contribution < -0.4 is 5.32 Å². The second kappa shape index (κ2) is 4.33. The van der Waals surface area contributed by atoms with Crippen LogP contribution in [-0.2, 0) is 0 Å². The Morgan fingerprint density at radius 2 is 2.07 bits per heavy atom. The molecule has 1 aliphatic carbocycles. The molecule has 1 saturated carbocycles. The van der Waals surface area contributed by atoms with E-state index in [0.29, 0.717) is 6.04 Å². The highest BCUT2D eigenvalue weighted by atomic mass is 35.5. The van der Waals surface area contributed by atoms with E-state index in [0.717, 1.165) is 17.5 Å². The Labute approximate surface area is 90.5 Å². The predicted octanol–water partition coefficient (Wildman–Crippen LogP) is 3.20. The first-order chi connectivity index (χ1) is 6.81. The van der Waals surface area contributed by atoms with Gasteiger partial charge in [-0.2, -0.15) is 0 Å². The maximum Gasteiger partial charge on any atom is 0.0406 e. The summed E-state index contributed by atoms with van der Waals surface area (Å²) >= 11 is 5.84. The van der Waals surface area contributed by atoms with Gasteiger partial charge < -0.3 is 5.32 Å². The number of benzene rings is 1. The first-order valence-electron chi connectivity index (χ1n) is 5.30. The molecule has 1 aromatic carbocycles. The molecule has 2 atom stereocenters. The van der Waals surface area contributed by atoms with Gasteiger partial charge in [0.2, 0.25) is 0 Å². The molecule has 76 valence electrons. The Morgan fingerprint density at radius 3 is 2.71 bits per heavy atom. The van der Waals surface area contributed by atoms with Crippen molar-refractivity contribution in [3.63, 3.8) is 0 Å². The van der Waals surface area contributed by atoms with Gasteiger partial charge in [-0.3, -0.25) is 0 Å². The fraction of sp³-hybridized carbons (Fsp3) is 0.500. The fourth-order valence-electron chi connectivity index (χ4n) is 1.83. The second-order valence-electron chi connectivity index (χ2n) is 3.95. The standard InChI is InChI=1S/C12H16ClN/c1-2-7-14-12-8-11(12)9-3-5-10(13)6-4-9/h3-6,11-12,14H,2,7-8H2,1H3/t11-,12+/m1/s1. The average Bonchev–Trinajstić information content (AvgIpc) is 2.95. The lowest BCUT2D eigenvalue weighted by molar-refractivity contribution is 0.658. The molecule has 1 N–H and O–H groups in total. The topological polar surface area (TPSA) is 12.0 Å². The molecule has 2 rings (SSSR count). The van der Waals surface area contributed by atoms with Gasteiger partial charge in [0.05, 0.1) is 0 Å². The Morgan fingerprint density at radius 1 is 1.36 bits per heavy atom. The van der Waals surface area contributed by atoms with Crippen LogP contribution in [0.3, 0.4) is 0 Å². The molecule has 0 saturated heterocycles. The summed E-state index contributed by atoms with van der Waals surface area (Å²) in [5.41, 5.74) is 1.42. The Bertz CT molecular complexity index is 294. The number of halogens is 1. The van der Waals surface area contributed by atoms with Crippen molar-refractivity contribution >= 4 is 11.6 Å². The third-order valence-electron chi connectivity index (χ3n) is 2.75. The molecule has 2 heteroatoms. The quantitative estimate of drug-likeness (QED) is 0.803. The molecule has 0 radical (unpaired) electrons. The molecule has 0 aliphatic heterocycles. The normalized spacial score (nSPS) is 25.0. The van der Waals surface area contributed by atoms with E-state index in [1.165, 1.54) is 18.4 Å². The van der Waals surface area contributed by atoms with Gasteiger partial charge in [0.15, 0.2) is 0 Å². The van der Waals surface area contributed by atoms with E-state index >= 15 is 0 Å². The summed E-state index contributed by atoms with van der Waals surface area (Å²) in [5.74, 6) is 0.721. The van der Waals surface area contributed by atoms with E-state index in [1.807, 2.05) is 12.1 Å². The summed E-state index contributed by atoms with van der Waals surface area (Å²) in [7, 11) is 0. The van der Waals surface area contributed by atoms with Crippen LogP contribution in [0.2, 0.25) is 5.02 Å². The van der Waals surface area contributed by atoms with E-state index in [4.69, 9.17) is 11.6 Å². The van der Waals surface area contributed by atoms with Gasteiger partial charge in [-0.1, -0.05) is 30.7 Å². The monoisotopic (exact) mass is 209 g/mol. The van der Waals surface area contributed by atoms with E-state index in [2.05, 4.69) is 24.4 Å². The SMILES string of the molecule is CCCN[C@H]1C[C@@H]1c1ccc(Cl)cc1. The number of rotatable bonds is 4. The minimum absolute atomic E-state index is 0.705. The molecule has 0 spiro atoms. The molecule has 1 nitrogen and oxygen atoms in total. The third kappa shape index (κ3) is 2.28. The van der Waals surface area contributed by atoms with Crippen LogP contribution >= 0.6 is 11.6 Å². The summed E-state index contributed by atoms with van der Waals surface area (Å²) < 4.78 is 0. The van der Waals surface area contributed by atoms with Crippen molar-refractivity contribution in [2.45, 2.75) is 31.7 Å². The van der Waals surface area contributed by atoms with Crippen molar-refractivity contribution < 1.29 is 0 Å². The highest BCUT2D eigenvalue weighted by Gasteiger charge is 2.37. The zero-order chi connectivity index (χ0) is 9.97. The molecule has 0 amide bonds. The number of hydrogen-bond donors (Lipinski definition) is 1. The van der Waals surface area contributed by atoms with Crippen LogP contribution in [0, 0.1) is 0 Å². The molecule has 1 aliphatic rings. The maximum absolute atomic E-state index is 5.84. The number of nitrogens with one attached hydrogen (secondary N) is 1. The zero-order valence-electron chi connectivity index (χ0n) is 8.46. The summed E-state index contributed by atoms with van der Waals surface area (Å²) in [4.78, 5) is 0. The molecular weight excluding hydrogens is 194 g/mol. The van der Waals surface area contributed by atoms with Gasteiger partial charge >= 0.3 is 0 Å². The van der Waals surface area contributed by atoms with Gasteiger partial charge in [-0.15, -0.1) is 0 Å². The largest absolute Gasteiger partial charge is 0.313 e. The lowest BCUT2D eigenvalue weighted by atomic mass is 10.1. The van der Waals surface area contributed by atoms with Gasteiger partial charge in [-0.05, 0) is 37.1 Å². The fourth-order valence-corrected chi connectivity index (χ4v) is 1.95. The second-order valence-corrected chi connectivity index (χ2v) is 4.39. The summed E-state index contributed by atoms with van der Waals surface area (Å²) in [6.07, 6.45) is 2.49. The summed E-state index contributed by atoms with van der Waals surface area (Å²) in [5, 5.41) is 4.36. The molecule has 1 aromatic rings. The van der Waals surface area contributed by atoms with Gasteiger partial charge in [0, 0.05) is 17.0 Å². The molecule has 0 bridgehead atoms. The lowest BCUT2D eigenvalue weighted by Crippen LogP contribution is -2.18. The van der Waals surface area contributed by atoms with Gasteiger partial charge in [0.1, 0.15) is 0 Å². The number of hydrogen-bond acceptors (Lipinski definition) is 1. The smallest absolute Gasteiger partial charge is 0.0406 e. The molecule has 14 heavy (non-hydrogen) atoms. The minimum Gasteiger partial charge on any atom is -0.313 e. The lowest BCUT2D eigenvalue weighted by Gasteiger charge is -2.02. The average molecular weight is 210 g/mol. The van der Waals surface area contributed by atoms with Crippen LogP contribution in [0.4, 0.5) is 0 Å². The van der Waals surface area contributed by atoms with Crippen molar-refractivity contribution in [2.24, 2.45) is 0 Å². The van der Waals surface area contributed by atoms with E-state index < -0.39 is 0 Å². The first-order valence-corrected chi connectivity index (χ1v) is 5.68. The van der Waals surface area contributed by atoms with Crippen molar-refractivity contribution in [3.8, 4) is 0 Å². The Balaban J connectivity index is 1.89. The first kappa shape index (κ1) is 10.0. The van der Waals surface area contributed by atoms with Crippen molar-refractivity contribution in [2.75, 3.05) is 6.54 Å². The molecule has 0 unspecified atom stereocenters. The zero-order valence-corrected chi connectivity index (χ0v) is 9.22. The van der Waals surface area contributed by atoms with E-state index in [9.17, 15) is 0 Å². The highest BCUT2D eigenvalue weighted by molar-refractivity contribution is 6.30. The molecule has 0 heterocycles. The van der Waals surface area contributed by atoms with Crippen LogP contribution in [0.1, 0.15) is 31.2 Å². The van der Waals surface area contributed by atoms with Gasteiger partial charge in [0.25, 0.3) is 0 Å². The third-order valence-corrected chi connectivity index (χ3v) is 3.00. The highest BCUT2D eigenvalue weighted by Crippen LogP contribution is 2.40. The van der Waals surface area contributed by atoms with Crippen LogP contribution in [-0.4, -0.2) is 12.6 Å². The molecule has 0 aromatic heterocycles. The summed E-state index contributed by atoms with van der Waals surface area (Å²) in [6, 6.07) is 8.94. The van der Waals surface area contributed by atoms with Crippen LogP contribution in [0.15, 0.2) is 24.3 Å². The van der Waals surface area contributed by atoms with Crippen molar-refractivity contribution in [1.29, 1.82) is 0 Å². The minimum atomic E-state index is 0.705. The molecular formula is C12H16ClN.